The van der Waals surface area contributed by atoms with Crippen LogP contribution in [0, 0.1) is 0 Å². The number of hydrogen-bond acceptors (Lipinski definition) is 4. The lowest BCUT2D eigenvalue weighted by Gasteiger charge is -2.21. The predicted molar refractivity (Wildman–Crippen MR) is 202 cm³/mol. The molecule has 6 nitrogen and oxygen atoms in total. The summed E-state index contributed by atoms with van der Waals surface area (Å²) in [5.41, 5.74) is 0. The van der Waals surface area contributed by atoms with Crippen LogP contribution in [0.1, 0.15) is 194 Å². The monoisotopic (exact) mass is 682 g/mol. The van der Waals surface area contributed by atoms with Crippen molar-refractivity contribution in [2.75, 3.05) is 5.75 Å². The van der Waals surface area contributed by atoms with Gasteiger partial charge in [0.25, 0.3) is 10.1 Å². The summed E-state index contributed by atoms with van der Waals surface area (Å²) in [4.78, 5) is 12.5. The Morgan fingerprint density at radius 1 is 0.553 bits per heavy atom. The van der Waals surface area contributed by atoms with Crippen molar-refractivity contribution in [3.8, 4) is 0 Å². The average Bonchev–Trinajstić information content (AvgIpc) is 3.03. The Kier molecular flexibility index (Phi) is 33.4. The average molecular weight is 682 g/mol. The Bertz CT molecular complexity index is 883. The van der Waals surface area contributed by atoms with Crippen LogP contribution in [-0.2, 0) is 14.9 Å². The molecular formula is C40H75NO5S. The summed E-state index contributed by atoms with van der Waals surface area (Å²) in [6, 6.07) is -1.08. The molecule has 0 aliphatic heterocycles. The molecule has 0 fully saturated rings. The molecule has 2 atom stereocenters. The first kappa shape index (κ1) is 45.6. The van der Waals surface area contributed by atoms with Crippen molar-refractivity contribution in [3.63, 3.8) is 0 Å². The molecule has 0 saturated carbocycles. The highest BCUT2D eigenvalue weighted by Gasteiger charge is 2.24. The number of allylic oxidation sites excluding steroid dienone is 5. The van der Waals surface area contributed by atoms with E-state index in [1.54, 1.807) is 6.08 Å². The smallest absolute Gasteiger partial charge is 0.267 e. The van der Waals surface area contributed by atoms with Crippen molar-refractivity contribution in [1.29, 1.82) is 0 Å². The molecule has 0 spiro atoms. The first-order valence-corrected chi connectivity index (χ1v) is 21.3. The van der Waals surface area contributed by atoms with Crippen molar-refractivity contribution in [2.45, 2.75) is 206 Å². The van der Waals surface area contributed by atoms with Gasteiger partial charge in [0.15, 0.2) is 0 Å². The second-order valence-electron chi connectivity index (χ2n) is 13.5. The van der Waals surface area contributed by atoms with Crippen LogP contribution >= 0.6 is 0 Å². The lowest BCUT2D eigenvalue weighted by atomic mass is 10.0. The third kappa shape index (κ3) is 35.7. The Hall–Kier alpha value is -1.44. The first-order chi connectivity index (χ1) is 22.8. The first-order valence-electron chi connectivity index (χ1n) is 19.7. The van der Waals surface area contributed by atoms with Crippen molar-refractivity contribution in [1.82, 2.24) is 5.32 Å². The van der Waals surface area contributed by atoms with Gasteiger partial charge in [0.1, 0.15) is 0 Å². The number of amides is 1. The van der Waals surface area contributed by atoms with Crippen molar-refractivity contribution in [3.05, 3.63) is 36.5 Å². The number of carbonyl (C=O) groups is 1. The Labute approximate surface area is 291 Å². The maximum Gasteiger partial charge on any atom is 0.267 e. The molecule has 0 saturated heterocycles. The quantitative estimate of drug-likeness (QED) is 0.0351. The van der Waals surface area contributed by atoms with Gasteiger partial charge in [0.05, 0.1) is 17.9 Å². The van der Waals surface area contributed by atoms with Crippen molar-refractivity contribution >= 4 is 16.0 Å². The fourth-order valence-corrected chi connectivity index (χ4v) is 6.57. The number of rotatable bonds is 35. The van der Waals surface area contributed by atoms with Gasteiger partial charge in [0, 0.05) is 6.42 Å². The molecule has 2 unspecified atom stereocenters. The van der Waals surface area contributed by atoms with Crippen molar-refractivity contribution in [2.24, 2.45) is 0 Å². The molecule has 0 rings (SSSR count). The second-order valence-corrected chi connectivity index (χ2v) is 15.0. The van der Waals surface area contributed by atoms with E-state index in [-0.39, 0.29) is 12.3 Å². The lowest BCUT2D eigenvalue weighted by molar-refractivity contribution is -0.122. The third-order valence-electron chi connectivity index (χ3n) is 8.80. The predicted octanol–water partition coefficient (Wildman–Crippen LogP) is 11.4. The number of hydrogen-bond donors (Lipinski definition) is 3. The van der Waals surface area contributed by atoms with E-state index in [1.807, 2.05) is 0 Å². The number of nitrogens with one attached hydrogen (secondary N) is 1. The largest absolute Gasteiger partial charge is 0.387 e. The van der Waals surface area contributed by atoms with Crippen LogP contribution in [0.25, 0.3) is 0 Å². The zero-order chi connectivity index (χ0) is 34.7. The standard InChI is InChI=1S/C40H75NO5S/c1-3-5-7-9-11-13-15-17-19-20-21-22-24-26-28-30-32-34-36-40(43)41-38(37-47(44,45)46)39(42)35-33-31-29-27-25-23-18-16-14-12-10-8-6-4-2/h14,16,25,27,33,35,38-39,42H,3-13,15,17-24,26,28-32,34,36-37H2,1-2H3,(H,41,43)(H,44,45,46)/b16-14+,27-25+,35-33+. The van der Waals surface area contributed by atoms with E-state index in [0.29, 0.717) is 6.42 Å². The number of carbonyl (C=O) groups excluding carboxylic acids is 1. The lowest BCUT2D eigenvalue weighted by Crippen LogP contribution is -2.46. The van der Waals surface area contributed by atoms with Crippen LogP contribution in [0.5, 0.6) is 0 Å². The van der Waals surface area contributed by atoms with Gasteiger partial charge in [0.2, 0.25) is 5.91 Å². The molecular weight excluding hydrogens is 607 g/mol. The van der Waals surface area contributed by atoms with Gasteiger partial charge in [-0.15, -0.1) is 0 Å². The summed E-state index contributed by atoms with van der Waals surface area (Å²) in [5.74, 6) is -1.00. The minimum atomic E-state index is -4.35. The Balaban J connectivity index is 3.97. The molecule has 0 radical (unpaired) electrons. The van der Waals surface area contributed by atoms with Gasteiger partial charge < -0.3 is 10.4 Å². The van der Waals surface area contributed by atoms with E-state index in [2.05, 4.69) is 43.5 Å². The van der Waals surface area contributed by atoms with E-state index in [1.165, 1.54) is 128 Å². The van der Waals surface area contributed by atoms with Gasteiger partial charge in [-0.25, -0.2) is 0 Å². The van der Waals surface area contributed by atoms with Crippen LogP contribution in [0.4, 0.5) is 0 Å². The van der Waals surface area contributed by atoms with Crippen LogP contribution in [-0.4, -0.2) is 41.9 Å². The molecule has 1 amide bonds. The second kappa shape index (κ2) is 34.4. The summed E-state index contributed by atoms with van der Waals surface area (Å²) in [6.45, 7) is 4.50. The minimum Gasteiger partial charge on any atom is -0.387 e. The molecule has 0 bridgehead atoms. The van der Waals surface area contributed by atoms with Crippen LogP contribution in [0.2, 0.25) is 0 Å². The van der Waals surface area contributed by atoms with E-state index < -0.39 is 28.0 Å². The van der Waals surface area contributed by atoms with E-state index >= 15 is 0 Å². The van der Waals surface area contributed by atoms with E-state index in [9.17, 15) is 22.9 Å². The molecule has 0 aromatic rings. The molecule has 7 heteroatoms. The topological polar surface area (TPSA) is 104 Å². The van der Waals surface area contributed by atoms with Gasteiger partial charge in [-0.05, 0) is 44.9 Å². The summed E-state index contributed by atoms with van der Waals surface area (Å²) in [7, 11) is -4.35. The molecule has 3 N–H and O–H groups in total. The van der Waals surface area contributed by atoms with Gasteiger partial charge in [-0.3, -0.25) is 9.35 Å². The molecule has 0 aliphatic rings. The minimum absolute atomic E-state index is 0.288. The normalized spacial score (nSPS) is 13.7. The zero-order valence-electron chi connectivity index (χ0n) is 30.7. The van der Waals surface area contributed by atoms with Gasteiger partial charge in [-0.1, -0.05) is 179 Å². The van der Waals surface area contributed by atoms with Gasteiger partial charge in [-0.2, -0.15) is 8.42 Å². The summed E-state index contributed by atoms with van der Waals surface area (Å²) < 4.78 is 32.4. The number of aliphatic hydroxyl groups is 1. The van der Waals surface area contributed by atoms with Crippen LogP contribution < -0.4 is 5.32 Å². The van der Waals surface area contributed by atoms with Gasteiger partial charge >= 0.3 is 0 Å². The Morgan fingerprint density at radius 2 is 0.915 bits per heavy atom. The fourth-order valence-electron chi connectivity index (χ4n) is 5.83. The summed E-state index contributed by atoms with van der Waals surface area (Å²) in [5, 5.41) is 13.2. The van der Waals surface area contributed by atoms with Crippen LogP contribution in [0.3, 0.4) is 0 Å². The maximum atomic E-state index is 12.5. The SMILES string of the molecule is CCCCCC/C=C/CC/C=C/CC/C=C/C(O)C(CS(=O)(=O)O)NC(=O)CCCCCCCCCCCCCCCCCCCC. The number of unbranched alkanes of at least 4 members (excludes halogenated alkanes) is 23. The maximum absolute atomic E-state index is 12.5. The highest BCUT2D eigenvalue weighted by molar-refractivity contribution is 7.85. The molecule has 276 valence electrons. The highest BCUT2D eigenvalue weighted by Crippen LogP contribution is 2.15. The van der Waals surface area contributed by atoms with E-state index in [0.717, 1.165) is 44.9 Å². The van der Waals surface area contributed by atoms with E-state index in [4.69, 9.17) is 0 Å². The molecule has 0 heterocycles. The third-order valence-corrected chi connectivity index (χ3v) is 9.58. The Morgan fingerprint density at radius 3 is 1.34 bits per heavy atom. The molecule has 47 heavy (non-hydrogen) atoms. The summed E-state index contributed by atoms with van der Waals surface area (Å²) >= 11 is 0. The molecule has 0 aromatic heterocycles. The molecule has 0 aromatic carbocycles. The molecule has 0 aliphatic carbocycles. The fraction of sp³-hybridized carbons (Fsp3) is 0.825. The highest BCUT2D eigenvalue weighted by atomic mass is 32.2. The zero-order valence-corrected chi connectivity index (χ0v) is 31.5. The summed E-state index contributed by atoms with van der Waals surface area (Å²) in [6.07, 6.45) is 44.1. The van der Waals surface area contributed by atoms with Crippen molar-refractivity contribution < 1.29 is 22.9 Å². The number of aliphatic hydroxyl groups excluding tert-OH is 1. The van der Waals surface area contributed by atoms with Crippen LogP contribution in [0.15, 0.2) is 36.5 Å².